The lowest BCUT2D eigenvalue weighted by Gasteiger charge is -2.13. The number of nitriles is 1. The monoisotopic (exact) mass is 206 g/mol. The minimum absolute atomic E-state index is 0.0932. The highest BCUT2D eigenvalue weighted by Crippen LogP contribution is 2.02. The summed E-state index contributed by atoms with van der Waals surface area (Å²) < 4.78 is 1.55. The van der Waals surface area contributed by atoms with Gasteiger partial charge in [0.1, 0.15) is 6.04 Å². The number of rotatable bonds is 3. The summed E-state index contributed by atoms with van der Waals surface area (Å²) in [5.74, 6) is -0.168. The minimum atomic E-state index is -0.460. The van der Waals surface area contributed by atoms with Gasteiger partial charge < -0.3 is 5.32 Å². The van der Waals surface area contributed by atoms with Gasteiger partial charge in [0.05, 0.1) is 17.8 Å². The quantitative estimate of drug-likeness (QED) is 0.791. The Kier molecular flexibility index (Phi) is 3.45. The topological polar surface area (TPSA) is 70.7 Å². The van der Waals surface area contributed by atoms with E-state index in [0.29, 0.717) is 5.56 Å². The molecule has 1 N–H and O–H groups in total. The van der Waals surface area contributed by atoms with Gasteiger partial charge in [-0.2, -0.15) is 10.4 Å². The molecule has 0 aliphatic heterocycles. The number of amides is 1. The molecule has 80 valence electrons. The third-order valence-corrected chi connectivity index (χ3v) is 2.06. The Hall–Kier alpha value is -1.83. The standard InChI is InChI=1S/C10H14N4O/c1-7(2)9(4-11)13-10(15)8-5-12-14(3)6-8/h5-7,9H,1-3H3,(H,13,15). The van der Waals surface area contributed by atoms with E-state index < -0.39 is 6.04 Å². The van der Waals surface area contributed by atoms with Gasteiger partial charge >= 0.3 is 0 Å². The summed E-state index contributed by atoms with van der Waals surface area (Å²) in [6.07, 6.45) is 3.09. The first kappa shape index (κ1) is 11.2. The van der Waals surface area contributed by atoms with Gasteiger partial charge in [-0.3, -0.25) is 9.48 Å². The van der Waals surface area contributed by atoms with Crippen molar-refractivity contribution in [2.45, 2.75) is 19.9 Å². The number of hydrogen-bond acceptors (Lipinski definition) is 3. The van der Waals surface area contributed by atoms with Crippen LogP contribution in [-0.2, 0) is 7.05 Å². The molecule has 0 aliphatic carbocycles. The summed E-state index contributed by atoms with van der Waals surface area (Å²) in [5.41, 5.74) is 0.471. The van der Waals surface area contributed by atoms with Crippen molar-refractivity contribution in [3.8, 4) is 6.07 Å². The van der Waals surface area contributed by atoms with Crippen LogP contribution in [0, 0.1) is 17.2 Å². The Labute approximate surface area is 88.7 Å². The number of aromatic nitrogens is 2. The lowest BCUT2D eigenvalue weighted by Crippen LogP contribution is -2.37. The first-order valence-corrected chi connectivity index (χ1v) is 4.73. The Morgan fingerprint density at radius 3 is 2.73 bits per heavy atom. The van der Waals surface area contributed by atoms with Crippen molar-refractivity contribution >= 4 is 5.91 Å². The molecule has 0 saturated carbocycles. The predicted molar refractivity (Wildman–Crippen MR) is 54.9 cm³/mol. The fourth-order valence-electron chi connectivity index (χ4n) is 1.11. The zero-order chi connectivity index (χ0) is 11.4. The highest BCUT2D eigenvalue weighted by Gasteiger charge is 2.16. The van der Waals surface area contributed by atoms with Crippen LogP contribution in [0.4, 0.5) is 0 Å². The molecule has 0 fully saturated rings. The summed E-state index contributed by atoms with van der Waals surface area (Å²) in [4.78, 5) is 11.6. The van der Waals surface area contributed by atoms with Crippen molar-refractivity contribution in [3.63, 3.8) is 0 Å². The van der Waals surface area contributed by atoms with E-state index in [1.807, 2.05) is 19.9 Å². The Bertz CT molecular complexity index is 388. The average molecular weight is 206 g/mol. The number of carbonyl (C=O) groups is 1. The molecule has 1 unspecified atom stereocenters. The summed E-state index contributed by atoms with van der Waals surface area (Å²) in [6.45, 7) is 3.77. The van der Waals surface area contributed by atoms with Gasteiger partial charge in [0.25, 0.3) is 5.91 Å². The molecule has 0 bridgehead atoms. The molecule has 1 rings (SSSR count). The zero-order valence-electron chi connectivity index (χ0n) is 9.06. The molecule has 0 aromatic carbocycles. The third kappa shape index (κ3) is 2.81. The van der Waals surface area contributed by atoms with E-state index in [0.717, 1.165) is 0 Å². The van der Waals surface area contributed by atoms with Crippen LogP contribution in [0.1, 0.15) is 24.2 Å². The largest absolute Gasteiger partial charge is 0.336 e. The van der Waals surface area contributed by atoms with E-state index in [1.165, 1.54) is 6.20 Å². The van der Waals surface area contributed by atoms with Crippen molar-refractivity contribution in [2.75, 3.05) is 0 Å². The fourth-order valence-corrected chi connectivity index (χ4v) is 1.11. The van der Waals surface area contributed by atoms with Crippen molar-refractivity contribution < 1.29 is 4.79 Å². The molecule has 0 aliphatic rings. The highest BCUT2D eigenvalue weighted by molar-refractivity contribution is 5.94. The van der Waals surface area contributed by atoms with Gasteiger partial charge in [-0.15, -0.1) is 0 Å². The molecule has 5 heteroatoms. The molecule has 0 spiro atoms. The van der Waals surface area contributed by atoms with Crippen LogP contribution < -0.4 is 5.32 Å². The molecule has 1 amide bonds. The van der Waals surface area contributed by atoms with Crippen LogP contribution in [0.2, 0.25) is 0 Å². The predicted octanol–water partition coefficient (Wildman–Crippen LogP) is 0.698. The molecule has 1 aromatic heterocycles. The van der Waals surface area contributed by atoms with Crippen LogP contribution in [-0.4, -0.2) is 21.7 Å². The second-order valence-corrected chi connectivity index (χ2v) is 3.73. The first-order chi connectivity index (χ1) is 7.04. The summed E-state index contributed by atoms with van der Waals surface area (Å²) in [6, 6.07) is 1.59. The van der Waals surface area contributed by atoms with E-state index >= 15 is 0 Å². The SMILES string of the molecule is CC(C)C(C#N)NC(=O)c1cnn(C)c1. The number of hydrogen-bond donors (Lipinski definition) is 1. The number of carbonyl (C=O) groups excluding carboxylic acids is 1. The van der Waals surface area contributed by atoms with Gasteiger partial charge in [0, 0.05) is 13.2 Å². The average Bonchev–Trinajstić information content (AvgIpc) is 2.60. The van der Waals surface area contributed by atoms with Gasteiger partial charge in [0.15, 0.2) is 0 Å². The van der Waals surface area contributed by atoms with Crippen molar-refractivity contribution in [1.82, 2.24) is 15.1 Å². The molecule has 15 heavy (non-hydrogen) atoms. The van der Waals surface area contributed by atoms with Gasteiger partial charge in [-0.25, -0.2) is 0 Å². The van der Waals surface area contributed by atoms with E-state index in [9.17, 15) is 4.79 Å². The first-order valence-electron chi connectivity index (χ1n) is 4.73. The van der Waals surface area contributed by atoms with Crippen LogP contribution in [0.25, 0.3) is 0 Å². The Morgan fingerprint density at radius 1 is 1.67 bits per heavy atom. The Morgan fingerprint density at radius 2 is 2.33 bits per heavy atom. The molecule has 1 aromatic rings. The zero-order valence-corrected chi connectivity index (χ0v) is 9.06. The van der Waals surface area contributed by atoms with Crippen molar-refractivity contribution in [2.24, 2.45) is 13.0 Å². The smallest absolute Gasteiger partial charge is 0.255 e. The van der Waals surface area contributed by atoms with Crippen molar-refractivity contribution in [1.29, 1.82) is 5.26 Å². The summed E-state index contributed by atoms with van der Waals surface area (Å²) in [7, 11) is 1.74. The summed E-state index contributed by atoms with van der Waals surface area (Å²) in [5, 5.41) is 15.3. The molecule has 1 heterocycles. The number of aryl methyl sites for hydroxylation is 1. The van der Waals surface area contributed by atoms with Gasteiger partial charge in [0.2, 0.25) is 0 Å². The lowest BCUT2D eigenvalue weighted by molar-refractivity contribution is 0.0937. The number of nitrogens with zero attached hydrogens (tertiary/aromatic N) is 3. The molecular weight excluding hydrogens is 192 g/mol. The van der Waals surface area contributed by atoms with Gasteiger partial charge in [-0.1, -0.05) is 13.8 Å². The molecule has 1 atom stereocenters. The molecule has 0 radical (unpaired) electrons. The third-order valence-electron chi connectivity index (χ3n) is 2.06. The molecule has 0 saturated heterocycles. The van der Waals surface area contributed by atoms with Gasteiger partial charge in [-0.05, 0) is 5.92 Å². The van der Waals surface area contributed by atoms with Crippen LogP contribution in [0.15, 0.2) is 12.4 Å². The van der Waals surface area contributed by atoms with Crippen molar-refractivity contribution in [3.05, 3.63) is 18.0 Å². The van der Waals surface area contributed by atoms with E-state index in [1.54, 1.807) is 17.9 Å². The van der Waals surface area contributed by atoms with Crippen LogP contribution in [0.3, 0.4) is 0 Å². The minimum Gasteiger partial charge on any atom is -0.336 e. The molecular formula is C10H14N4O. The van der Waals surface area contributed by atoms with Crippen LogP contribution in [0.5, 0.6) is 0 Å². The second kappa shape index (κ2) is 4.60. The van der Waals surface area contributed by atoms with E-state index in [-0.39, 0.29) is 11.8 Å². The van der Waals surface area contributed by atoms with Crippen LogP contribution >= 0.6 is 0 Å². The lowest BCUT2D eigenvalue weighted by atomic mass is 10.1. The van der Waals surface area contributed by atoms with E-state index in [4.69, 9.17) is 5.26 Å². The molecule has 5 nitrogen and oxygen atoms in total. The Balaban J connectivity index is 2.68. The maximum atomic E-state index is 11.6. The maximum Gasteiger partial charge on any atom is 0.255 e. The summed E-state index contributed by atoms with van der Waals surface area (Å²) >= 11 is 0. The normalized spacial score (nSPS) is 12.2. The van der Waals surface area contributed by atoms with E-state index in [2.05, 4.69) is 10.4 Å². The highest BCUT2D eigenvalue weighted by atomic mass is 16.1. The second-order valence-electron chi connectivity index (χ2n) is 3.73. The fraction of sp³-hybridized carbons (Fsp3) is 0.500. The number of nitrogens with one attached hydrogen (secondary N) is 1. The maximum absolute atomic E-state index is 11.6.